The summed E-state index contributed by atoms with van der Waals surface area (Å²) in [4.78, 5) is 3.73. The van der Waals surface area contributed by atoms with Crippen LogP contribution in [-0.2, 0) is 0 Å². The van der Waals surface area contributed by atoms with E-state index in [2.05, 4.69) is 23.8 Å². The minimum Gasteiger partial charge on any atom is -0.306 e. The van der Waals surface area contributed by atoms with E-state index in [1.54, 1.807) is 12.3 Å². The SMILES string of the molecule is C=C(C)C(NCCC)c1ccncc1F. The lowest BCUT2D eigenvalue weighted by molar-refractivity contribution is 0.538. The Kier molecular flexibility index (Phi) is 4.43. The second-order valence-corrected chi connectivity index (χ2v) is 3.63. The molecule has 0 saturated heterocycles. The molecule has 0 fully saturated rings. The topological polar surface area (TPSA) is 24.9 Å². The largest absolute Gasteiger partial charge is 0.306 e. The molecule has 0 aliphatic heterocycles. The van der Waals surface area contributed by atoms with Gasteiger partial charge in [-0.05, 0) is 26.0 Å². The van der Waals surface area contributed by atoms with Crippen LogP contribution in [0.5, 0.6) is 0 Å². The number of nitrogens with zero attached hydrogens (tertiary/aromatic N) is 1. The van der Waals surface area contributed by atoms with Crippen molar-refractivity contribution in [3.05, 3.63) is 42.0 Å². The number of hydrogen-bond donors (Lipinski definition) is 1. The fourth-order valence-electron chi connectivity index (χ4n) is 1.46. The van der Waals surface area contributed by atoms with Crippen molar-refractivity contribution >= 4 is 0 Å². The number of pyridine rings is 1. The van der Waals surface area contributed by atoms with Gasteiger partial charge in [-0.2, -0.15) is 0 Å². The Morgan fingerprint density at radius 3 is 2.93 bits per heavy atom. The molecule has 1 aromatic rings. The summed E-state index contributed by atoms with van der Waals surface area (Å²) in [5.41, 5.74) is 1.53. The highest BCUT2D eigenvalue weighted by atomic mass is 19.1. The third-order valence-corrected chi connectivity index (χ3v) is 2.21. The van der Waals surface area contributed by atoms with Gasteiger partial charge in [0.05, 0.1) is 12.2 Å². The first kappa shape index (κ1) is 11.9. The Morgan fingerprint density at radius 1 is 1.67 bits per heavy atom. The van der Waals surface area contributed by atoms with E-state index in [9.17, 15) is 4.39 Å². The van der Waals surface area contributed by atoms with Crippen LogP contribution in [0.2, 0.25) is 0 Å². The van der Waals surface area contributed by atoms with Crippen molar-refractivity contribution in [3.8, 4) is 0 Å². The third-order valence-electron chi connectivity index (χ3n) is 2.21. The molecule has 0 spiro atoms. The van der Waals surface area contributed by atoms with E-state index in [1.807, 2.05) is 6.92 Å². The van der Waals surface area contributed by atoms with Gasteiger partial charge in [-0.25, -0.2) is 4.39 Å². The van der Waals surface area contributed by atoms with Gasteiger partial charge in [-0.3, -0.25) is 4.98 Å². The molecular formula is C12H17FN2. The summed E-state index contributed by atoms with van der Waals surface area (Å²) in [6.45, 7) is 8.69. The quantitative estimate of drug-likeness (QED) is 0.753. The zero-order valence-electron chi connectivity index (χ0n) is 9.26. The number of hydrogen-bond acceptors (Lipinski definition) is 2. The molecule has 1 N–H and O–H groups in total. The van der Waals surface area contributed by atoms with Gasteiger partial charge in [0.1, 0.15) is 5.82 Å². The van der Waals surface area contributed by atoms with E-state index in [-0.39, 0.29) is 11.9 Å². The van der Waals surface area contributed by atoms with Crippen LogP contribution >= 0.6 is 0 Å². The van der Waals surface area contributed by atoms with E-state index >= 15 is 0 Å². The van der Waals surface area contributed by atoms with Crippen molar-refractivity contribution in [1.29, 1.82) is 0 Å². The molecule has 0 saturated carbocycles. The van der Waals surface area contributed by atoms with Crippen LogP contribution in [0.3, 0.4) is 0 Å². The fraction of sp³-hybridized carbons (Fsp3) is 0.417. The van der Waals surface area contributed by atoms with Crippen molar-refractivity contribution in [2.45, 2.75) is 26.3 Å². The van der Waals surface area contributed by atoms with Crippen molar-refractivity contribution in [3.63, 3.8) is 0 Å². The highest BCUT2D eigenvalue weighted by molar-refractivity contribution is 5.25. The number of halogens is 1. The van der Waals surface area contributed by atoms with E-state index in [0.717, 1.165) is 18.5 Å². The maximum Gasteiger partial charge on any atom is 0.146 e. The second kappa shape index (κ2) is 5.61. The Bertz CT molecular complexity index is 336. The summed E-state index contributed by atoms with van der Waals surface area (Å²) < 4.78 is 13.5. The molecule has 0 aliphatic rings. The molecular weight excluding hydrogens is 191 g/mol. The lowest BCUT2D eigenvalue weighted by Crippen LogP contribution is -2.23. The monoisotopic (exact) mass is 208 g/mol. The average Bonchev–Trinajstić information content (AvgIpc) is 2.20. The zero-order valence-corrected chi connectivity index (χ0v) is 9.26. The van der Waals surface area contributed by atoms with Gasteiger partial charge >= 0.3 is 0 Å². The molecule has 0 aromatic carbocycles. The second-order valence-electron chi connectivity index (χ2n) is 3.63. The van der Waals surface area contributed by atoms with Gasteiger partial charge in [0, 0.05) is 11.8 Å². The summed E-state index contributed by atoms with van der Waals surface area (Å²) in [6.07, 6.45) is 3.84. The van der Waals surface area contributed by atoms with E-state index in [1.165, 1.54) is 6.20 Å². The van der Waals surface area contributed by atoms with Crippen molar-refractivity contribution < 1.29 is 4.39 Å². The summed E-state index contributed by atoms with van der Waals surface area (Å²) in [5.74, 6) is -0.283. The molecule has 1 unspecified atom stereocenters. The van der Waals surface area contributed by atoms with Gasteiger partial charge < -0.3 is 5.32 Å². The first-order valence-corrected chi connectivity index (χ1v) is 5.15. The summed E-state index contributed by atoms with van der Waals surface area (Å²) in [5, 5.41) is 3.26. The molecule has 0 radical (unpaired) electrons. The van der Waals surface area contributed by atoms with Gasteiger partial charge in [-0.1, -0.05) is 19.1 Å². The van der Waals surface area contributed by atoms with Crippen LogP contribution < -0.4 is 5.32 Å². The zero-order chi connectivity index (χ0) is 11.3. The molecule has 1 atom stereocenters. The maximum absolute atomic E-state index is 13.5. The van der Waals surface area contributed by atoms with Gasteiger partial charge in [0.25, 0.3) is 0 Å². The maximum atomic E-state index is 13.5. The fourth-order valence-corrected chi connectivity index (χ4v) is 1.46. The number of nitrogens with one attached hydrogen (secondary N) is 1. The standard InChI is InChI=1S/C12H17FN2/c1-4-6-15-12(9(2)3)10-5-7-14-8-11(10)13/h5,7-8,12,15H,2,4,6H2,1,3H3. The van der Waals surface area contributed by atoms with Crippen LogP contribution in [0.25, 0.3) is 0 Å². The predicted molar refractivity (Wildman–Crippen MR) is 60.0 cm³/mol. The first-order valence-electron chi connectivity index (χ1n) is 5.15. The van der Waals surface area contributed by atoms with Crippen molar-refractivity contribution in [2.75, 3.05) is 6.54 Å². The molecule has 1 heterocycles. The highest BCUT2D eigenvalue weighted by Crippen LogP contribution is 2.21. The van der Waals surface area contributed by atoms with E-state index in [4.69, 9.17) is 0 Å². The normalized spacial score (nSPS) is 12.5. The first-order chi connectivity index (χ1) is 7.16. The Hall–Kier alpha value is -1.22. The van der Waals surface area contributed by atoms with Gasteiger partial charge in [0.2, 0.25) is 0 Å². The van der Waals surface area contributed by atoms with E-state index in [0.29, 0.717) is 5.56 Å². The van der Waals surface area contributed by atoms with Crippen LogP contribution in [0.15, 0.2) is 30.6 Å². The van der Waals surface area contributed by atoms with Gasteiger partial charge in [-0.15, -0.1) is 0 Å². The number of rotatable bonds is 5. The molecule has 2 nitrogen and oxygen atoms in total. The van der Waals surface area contributed by atoms with Crippen LogP contribution in [0, 0.1) is 5.82 Å². The lowest BCUT2D eigenvalue weighted by atomic mass is 10.0. The molecule has 82 valence electrons. The summed E-state index contributed by atoms with van der Waals surface area (Å²) in [7, 11) is 0. The average molecular weight is 208 g/mol. The smallest absolute Gasteiger partial charge is 0.146 e. The molecule has 0 amide bonds. The summed E-state index contributed by atoms with van der Waals surface area (Å²) in [6, 6.07) is 1.57. The number of aromatic nitrogens is 1. The molecule has 1 rings (SSSR count). The predicted octanol–water partition coefficient (Wildman–Crippen LogP) is 2.84. The van der Waals surface area contributed by atoms with Gasteiger partial charge in [0.15, 0.2) is 0 Å². The molecule has 0 aliphatic carbocycles. The molecule has 1 aromatic heterocycles. The minimum atomic E-state index is -0.283. The summed E-state index contributed by atoms with van der Waals surface area (Å²) >= 11 is 0. The van der Waals surface area contributed by atoms with E-state index < -0.39 is 0 Å². The van der Waals surface area contributed by atoms with Crippen molar-refractivity contribution in [1.82, 2.24) is 10.3 Å². The van der Waals surface area contributed by atoms with Crippen LogP contribution in [0.4, 0.5) is 4.39 Å². The molecule has 0 bridgehead atoms. The highest BCUT2D eigenvalue weighted by Gasteiger charge is 2.14. The van der Waals surface area contributed by atoms with Crippen molar-refractivity contribution in [2.24, 2.45) is 0 Å². The Balaban J connectivity index is 2.89. The Morgan fingerprint density at radius 2 is 2.40 bits per heavy atom. The minimum absolute atomic E-state index is 0.118. The van der Waals surface area contributed by atoms with Crippen LogP contribution in [0.1, 0.15) is 31.9 Å². The third kappa shape index (κ3) is 3.13. The molecule has 15 heavy (non-hydrogen) atoms. The Labute approximate surface area is 90.2 Å². The lowest BCUT2D eigenvalue weighted by Gasteiger charge is -2.19. The van der Waals surface area contributed by atoms with Crippen LogP contribution in [-0.4, -0.2) is 11.5 Å². The molecule has 3 heteroatoms.